The van der Waals surface area contributed by atoms with Gasteiger partial charge in [0.15, 0.2) is 0 Å². The van der Waals surface area contributed by atoms with Crippen LogP contribution in [-0.2, 0) is 0 Å². The highest BCUT2D eigenvalue weighted by Gasteiger charge is 2.28. The first-order valence-electron chi connectivity index (χ1n) is 6.99. The number of amides is 1. The van der Waals surface area contributed by atoms with Gasteiger partial charge in [-0.1, -0.05) is 41.6 Å². The Labute approximate surface area is 127 Å². The van der Waals surface area contributed by atoms with Crippen molar-refractivity contribution in [1.82, 2.24) is 5.32 Å². The molecule has 5 heteroatoms. The number of carbonyl (C=O) groups excluding carboxylic acids is 1. The molecule has 0 unspecified atom stereocenters. The minimum absolute atomic E-state index is 0.0569. The van der Waals surface area contributed by atoms with Crippen LogP contribution in [0.15, 0.2) is 22.7 Å². The summed E-state index contributed by atoms with van der Waals surface area (Å²) in [5.74, 6) is -0.417. The van der Waals surface area contributed by atoms with Crippen LogP contribution < -0.4 is 5.32 Å². The molecule has 0 saturated heterocycles. The van der Waals surface area contributed by atoms with Crippen LogP contribution in [0, 0.1) is 0 Å². The molecule has 0 radical (unpaired) electrons. The Bertz CT molecular complexity index is 482. The number of nitrogens with one attached hydrogen (secondary N) is 1. The molecular weight excluding hydrogens is 322 g/mol. The molecule has 0 aliphatic heterocycles. The van der Waals surface area contributed by atoms with Gasteiger partial charge in [0.25, 0.3) is 5.91 Å². The number of aliphatic hydroxyl groups is 1. The lowest BCUT2D eigenvalue weighted by atomic mass is 9.94. The molecular formula is C15H20BrNO3. The highest BCUT2D eigenvalue weighted by molar-refractivity contribution is 9.10. The molecule has 1 aliphatic carbocycles. The van der Waals surface area contributed by atoms with Crippen molar-refractivity contribution >= 4 is 21.8 Å². The number of halogens is 1. The predicted octanol–water partition coefficient (Wildman–Crippen LogP) is 2.97. The summed E-state index contributed by atoms with van der Waals surface area (Å²) >= 11 is 3.27. The second-order valence-electron chi connectivity index (χ2n) is 5.48. The van der Waals surface area contributed by atoms with Crippen molar-refractivity contribution in [2.24, 2.45) is 0 Å². The Kier molecular flexibility index (Phi) is 5.05. The molecule has 1 aromatic carbocycles. The highest BCUT2D eigenvalue weighted by atomic mass is 79.9. The zero-order valence-electron chi connectivity index (χ0n) is 11.4. The fourth-order valence-corrected chi connectivity index (χ4v) is 2.95. The Morgan fingerprint density at radius 1 is 1.25 bits per heavy atom. The van der Waals surface area contributed by atoms with Gasteiger partial charge in [-0.2, -0.15) is 0 Å². The van der Waals surface area contributed by atoms with Gasteiger partial charge in [0.2, 0.25) is 0 Å². The minimum Gasteiger partial charge on any atom is -0.507 e. The van der Waals surface area contributed by atoms with Gasteiger partial charge in [0.05, 0.1) is 11.2 Å². The van der Waals surface area contributed by atoms with E-state index in [4.69, 9.17) is 0 Å². The molecule has 1 aliphatic rings. The normalized spacial score (nSPS) is 18.3. The van der Waals surface area contributed by atoms with E-state index in [1.165, 1.54) is 6.07 Å². The Morgan fingerprint density at radius 2 is 1.90 bits per heavy atom. The molecule has 0 spiro atoms. The molecule has 1 fully saturated rings. The number of hydrogen-bond donors (Lipinski definition) is 3. The van der Waals surface area contributed by atoms with E-state index in [2.05, 4.69) is 21.2 Å². The zero-order valence-corrected chi connectivity index (χ0v) is 12.9. The lowest BCUT2D eigenvalue weighted by molar-refractivity contribution is 0.0246. The van der Waals surface area contributed by atoms with E-state index in [9.17, 15) is 15.0 Å². The number of aromatic hydroxyl groups is 1. The molecule has 4 nitrogen and oxygen atoms in total. The average Bonchev–Trinajstić information content (AvgIpc) is 2.64. The van der Waals surface area contributed by atoms with Gasteiger partial charge >= 0.3 is 0 Å². The highest BCUT2D eigenvalue weighted by Crippen LogP contribution is 2.27. The van der Waals surface area contributed by atoms with Crippen molar-refractivity contribution in [1.29, 1.82) is 0 Å². The van der Waals surface area contributed by atoms with Crippen LogP contribution in [-0.4, -0.2) is 28.3 Å². The van der Waals surface area contributed by atoms with Gasteiger partial charge in [-0.3, -0.25) is 4.79 Å². The predicted molar refractivity (Wildman–Crippen MR) is 80.8 cm³/mol. The van der Waals surface area contributed by atoms with E-state index < -0.39 is 5.60 Å². The van der Waals surface area contributed by atoms with Crippen LogP contribution in [0.2, 0.25) is 0 Å². The molecule has 1 saturated carbocycles. The standard InChI is InChI=1S/C15H20BrNO3/c16-11-5-6-13(18)12(9-11)14(19)17-10-15(20)7-3-1-2-4-8-15/h5-6,9,18,20H,1-4,7-8,10H2,(H,17,19). The van der Waals surface area contributed by atoms with Crippen molar-refractivity contribution in [3.63, 3.8) is 0 Å². The maximum absolute atomic E-state index is 12.1. The Morgan fingerprint density at radius 3 is 2.55 bits per heavy atom. The zero-order chi connectivity index (χ0) is 14.6. The van der Waals surface area contributed by atoms with Gasteiger partial charge in [-0.25, -0.2) is 0 Å². The van der Waals surface area contributed by atoms with E-state index >= 15 is 0 Å². The van der Waals surface area contributed by atoms with Crippen LogP contribution >= 0.6 is 15.9 Å². The van der Waals surface area contributed by atoms with Crippen molar-refractivity contribution in [2.75, 3.05) is 6.54 Å². The Balaban J connectivity index is 1.99. The summed E-state index contributed by atoms with van der Waals surface area (Å²) < 4.78 is 0.730. The van der Waals surface area contributed by atoms with Gasteiger partial charge < -0.3 is 15.5 Å². The van der Waals surface area contributed by atoms with Crippen molar-refractivity contribution < 1.29 is 15.0 Å². The maximum Gasteiger partial charge on any atom is 0.255 e. The third-order valence-electron chi connectivity index (χ3n) is 3.82. The Hall–Kier alpha value is -1.07. The summed E-state index contributed by atoms with van der Waals surface area (Å²) in [6.45, 7) is 0.234. The molecule has 1 aromatic rings. The average molecular weight is 342 g/mol. The molecule has 0 atom stereocenters. The first-order chi connectivity index (χ1) is 9.50. The third-order valence-corrected chi connectivity index (χ3v) is 4.31. The summed E-state index contributed by atoms with van der Waals surface area (Å²) in [7, 11) is 0. The summed E-state index contributed by atoms with van der Waals surface area (Å²) in [4.78, 5) is 12.1. The van der Waals surface area contributed by atoms with E-state index in [0.717, 1.165) is 43.0 Å². The molecule has 2 rings (SSSR count). The van der Waals surface area contributed by atoms with Crippen LogP contribution in [0.4, 0.5) is 0 Å². The summed E-state index contributed by atoms with van der Waals surface area (Å²) in [6, 6.07) is 4.71. The van der Waals surface area contributed by atoms with E-state index in [-0.39, 0.29) is 23.8 Å². The van der Waals surface area contributed by atoms with Crippen LogP contribution in [0.5, 0.6) is 5.75 Å². The molecule has 3 N–H and O–H groups in total. The van der Waals surface area contributed by atoms with E-state index in [0.29, 0.717) is 0 Å². The van der Waals surface area contributed by atoms with Crippen molar-refractivity contribution in [3.05, 3.63) is 28.2 Å². The molecule has 0 heterocycles. The summed E-state index contributed by atoms with van der Waals surface area (Å²) in [6.07, 6.45) is 5.71. The van der Waals surface area contributed by atoms with Gasteiger partial charge in [-0.15, -0.1) is 0 Å². The van der Waals surface area contributed by atoms with Crippen molar-refractivity contribution in [3.8, 4) is 5.75 Å². The first-order valence-corrected chi connectivity index (χ1v) is 7.79. The number of phenols is 1. The minimum atomic E-state index is -0.812. The SMILES string of the molecule is O=C(NCC1(O)CCCCCC1)c1cc(Br)ccc1O. The summed E-state index contributed by atoms with van der Waals surface area (Å²) in [5, 5.41) is 22.9. The molecule has 0 aromatic heterocycles. The number of rotatable bonds is 3. The fourth-order valence-electron chi connectivity index (χ4n) is 2.59. The smallest absolute Gasteiger partial charge is 0.255 e. The first kappa shape index (κ1) is 15.3. The molecule has 0 bridgehead atoms. The monoisotopic (exact) mass is 341 g/mol. The number of carbonyl (C=O) groups is 1. The lowest BCUT2D eigenvalue weighted by Gasteiger charge is -2.26. The van der Waals surface area contributed by atoms with Crippen LogP contribution in [0.25, 0.3) is 0 Å². The van der Waals surface area contributed by atoms with Gasteiger partial charge in [0.1, 0.15) is 5.75 Å². The van der Waals surface area contributed by atoms with Crippen LogP contribution in [0.3, 0.4) is 0 Å². The lowest BCUT2D eigenvalue weighted by Crippen LogP contribution is -2.42. The molecule has 1 amide bonds. The van der Waals surface area contributed by atoms with E-state index in [1.54, 1.807) is 12.1 Å². The number of benzene rings is 1. The topological polar surface area (TPSA) is 69.6 Å². The second kappa shape index (κ2) is 6.59. The largest absolute Gasteiger partial charge is 0.507 e. The quantitative estimate of drug-likeness (QED) is 0.740. The van der Waals surface area contributed by atoms with Gasteiger partial charge in [0, 0.05) is 11.0 Å². The molecule has 110 valence electrons. The maximum atomic E-state index is 12.1. The fraction of sp³-hybridized carbons (Fsp3) is 0.533. The second-order valence-corrected chi connectivity index (χ2v) is 6.40. The number of hydrogen-bond acceptors (Lipinski definition) is 3. The molecule has 20 heavy (non-hydrogen) atoms. The number of phenolic OH excluding ortho intramolecular Hbond substituents is 1. The van der Waals surface area contributed by atoms with Gasteiger partial charge in [-0.05, 0) is 31.0 Å². The summed E-state index contributed by atoms with van der Waals surface area (Å²) in [5.41, 5.74) is -0.593. The third kappa shape index (κ3) is 3.96. The van der Waals surface area contributed by atoms with E-state index in [1.807, 2.05) is 0 Å². The van der Waals surface area contributed by atoms with Crippen molar-refractivity contribution in [2.45, 2.75) is 44.1 Å². The van der Waals surface area contributed by atoms with Crippen LogP contribution in [0.1, 0.15) is 48.9 Å².